The van der Waals surface area contributed by atoms with Gasteiger partial charge in [0.25, 0.3) is 0 Å². The number of ether oxygens (including phenoxy) is 2. The topological polar surface area (TPSA) is 38.8 Å². The number of hydrogen-bond acceptors (Lipinski definition) is 3. The molecule has 2 aromatic rings. The summed E-state index contributed by atoms with van der Waals surface area (Å²) >= 11 is 0. The van der Waals surface area contributed by atoms with Crippen LogP contribution >= 0.6 is 0 Å². The van der Waals surface area contributed by atoms with Crippen molar-refractivity contribution >= 4 is 6.09 Å². The normalized spacial score (nSPS) is 20.3. The molecule has 1 heterocycles. The highest BCUT2D eigenvalue weighted by molar-refractivity contribution is 5.68. The maximum absolute atomic E-state index is 12.9. The van der Waals surface area contributed by atoms with Gasteiger partial charge in [-0.15, -0.1) is 0 Å². The maximum Gasteiger partial charge on any atom is 0.416 e. The van der Waals surface area contributed by atoms with Gasteiger partial charge in [-0.2, -0.15) is 13.2 Å². The molecule has 2 aromatic carbocycles. The highest BCUT2D eigenvalue weighted by Gasteiger charge is 2.34. The summed E-state index contributed by atoms with van der Waals surface area (Å²) in [5.74, 6) is 0.924. The predicted octanol–water partition coefficient (Wildman–Crippen LogP) is 7.11. The molecule has 1 fully saturated rings. The number of amides is 1. The van der Waals surface area contributed by atoms with Crippen molar-refractivity contribution in [3.05, 3.63) is 65.7 Å². The van der Waals surface area contributed by atoms with E-state index in [4.69, 9.17) is 9.47 Å². The van der Waals surface area contributed by atoms with Crippen molar-refractivity contribution in [1.29, 1.82) is 0 Å². The summed E-state index contributed by atoms with van der Waals surface area (Å²) in [7, 11) is 0. The number of rotatable bonds is 5. The first-order chi connectivity index (χ1) is 15.4. The van der Waals surface area contributed by atoms with E-state index in [0.29, 0.717) is 31.2 Å². The van der Waals surface area contributed by atoms with Crippen molar-refractivity contribution in [2.24, 2.45) is 11.8 Å². The standard InChI is InChI=1S/C26H32F3NO3/c1-18-17-30(24(31)33-25(2,3)4)15-14-20(18)16-23(19-8-6-5-7-9-19)32-22-12-10-21(11-13-22)26(27,28)29/h5-13,18,20,23H,14-17H2,1-4H3/t18-,20-,23+/m0/s1. The quantitative estimate of drug-likeness (QED) is 0.474. The van der Waals surface area contributed by atoms with Gasteiger partial charge >= 0.3 is 12.3 Å². The minimum atomic E-state index is -4.38. The zero-order valence-electron chi connectivity index (χ0n) is 19.6. The number of carbonyl (C=O) groups is 1. The van der Waals surface area contributed by atoms with Gasteiger partial charge in [-0.05, 0) is 75.3 Å². The molecule has 1 amide bonds. The number of carbonyl (C=O) groups excluding carboxylic acids is 1. The highest BCUT2D eigenvalue weighted by atomic mass is 19.4. The Balaban J connectivity index is 1.70. The molecule has 0 spiro atoms. The number of nitrogens with zero attached hydrogens (tertiary/aromatic N) is 1. The van der Waals surface area contributed by atoms with Crippen molar-refractivity contribution in [2.75, 3.05) is 13.1 Å². The molecule has 1 saturated heterocycles. The molecule has 3 rings (SSSR count). The average Bonchev–Trinajstić information content (AvgIpc) is 2.73. The minimum absolute atomic E-state index is 0.230. The molecule has 4 nitrogen and oxygen atoms in total. The second-order valence-electron chi connectivity index (χ2n) is 9.73. The summed E-state index contributed by atoms with van der Waals surface area (Å²) < 4.78 is 50.4. The molecular weight excluding hydrogens is 431 g/mol. The molecular formula is C26H32F3NO3. The van der Waals surface area contributed by atoms with Crippen LogP contribution < -0.4 is 4.74 Å². The summed E-state index contributed by atoms with van der Waals surface area (Å²) in [5.41, 5.74) is -0.265. The van der Waals surface area contributed by atoms with Gasteiger partial charge in [-0.3, -0.25) is 0 Å². The number of hydrogen-bond donors (Lipinski definition) is 0. The van der Waals surface area contributed by atoms with Crippen molar-refractivity contribution in [3.8, 4) is 5.75 Å². The zero-order valence-corrected chi connectivity index (χ0v) is 19.6. The van der Waals surface area contributed by atoms with E-state index in [0.717, 1.165) is 24.1 Å². The molecule has 0 radical (unpaired) electrons. The van der Waals surface area contributed by atoms with E-state index in [1.165, 1.54) is 12.1 Å². The molecule has 7 heteroatoms. The van der Waals surface area contributed by atoms with Crippen LogP contribution in [0.3, 0.4) is 0 Å². The predicted molar refractivity (Wildman–Crippen MR) is 121 cm³/mol. The second kappa shape index (κ2) is 10.1. The monoisotopic (exact) mass is 463 g/mol. The van der Waals surface area contributed by atoms with Gasteiger partial charge < -0.3 is 14.4 Å². The second-order valence-corrected chi connectivity index (χ2v) is 9.73. The Bertz CT molecular complexity index is 907. The highest BCUT2D eigenvalue weighted by Crippen LogP contribution is 2.36. The van der Waals surface area contributed by atoms with E-state index < -0.39 is 17.3 Å². The third-order valence-corrected chi connectivity index (χ3v) is 5.88. The first-order valence-corrected chi connectivity index (χ1v) is 11.3. The molecule has 33 heavy (non-hydrogen) atoms. The molecule has 0 unspecified atom stereocenters. The lowest BCUT2D eigenvalue weighted by Crippen LogP contribution is -2.45. The van der Waals surface area contributed by atoms with Crippen LogP contribution in [0.4, 0.5) is 18.0 Å². The van der Waals surface area contributed by atoms with Crippen molar-refractivity contribution in [2.45, 2.75) is 58.4 Å². The van der Waals surface area contributed by atoms with Crippen LogP contribution in [0.2, 0.25) is 0 Å². The molecule has 0 aromatic heterocycles. The van der Waals surface area contributed by atoms with Crippen LogP contribution in [0.1, 0.15) is 57.8 Å². The van der Waals surface area contributed by atoms with Crippen LogP contribution in [-0.4, -0.2) is 29.7 Å². The van der Waals surface area contributed by atoms with Crippen LogP contribution in [0.25, 0.3) is 0 Å². The van der Waals surface area contributed by atoms with Gasteiger partial charge in [-0.1, -0.05) is 37.3 Å². The molecule has 0 N–H and O–H groups in total. The Labute approximate surface area is 193 Å². The van der Waals surface area contributed by atoms with Gasteiger partial charge in [0.15, 0.2) is 0 Å². The van der Waals surface area contributed by atoms with E-state index in [2.05, 4.69) is 6.92 Å². The number of alkyl halides is 3. The maximum atomic E-state index is 12.9. The lowest BCUT2D eigenvalue weighted by atomic mass is 9.82. The minimum Gasteiger partial charge on any atom is -0.486 e. The number of piperidine rings is 1. The molecule has 180 valence electrons. The summed E-state index contributed by atoms with van der Waals surface area (Å²) in [4.78, 5) is 14.2. The van der Waals surface area contributed by atoms with Crippen LogP contribution in [-0.2, 0) is 10.9 Å². The first-order valence-electron chi connectivity index (χ1n) is 11.3. The van der Waals surface area contributed by atoms with Gasteiger partial charge in [0, 0.05) is 13.1 Å². The van der Waals surface area contributed by atoms with Crippen LogP contribution in [0.15, 0.2) is 54.6 Å². The largest absolute Gasteiger partial charge is 0.486 e. The fourth-order valence-electron chi connectivity index (χ4n) is 4.12. The van der Waals surface area contributed by atoms with Gasteiger partial charge in [0.05, 0.1) is 5.56 Å². The van der Waals surface area contributed by atoms with Crippen molar-refractivity contribution < 1.29 is 27.4 Å². The van der Waals surface area contributed by atoms with E-state index >= 15 is 0 Å². The lowest BCUT2D eigenvalue weighted by molar-refractivity contribution is -0.137. The number of likely N-dealkylation sites (tertiary alicyclic amines) is 1. The molecule has 0 aliphatic carbocycles. The average molecular weight is 464 g/mol. The lowest BCUT2D eigenvalue weighted by Gasteiger charge is -2.38. The SMILES string of the molecule is C[C@H]1CN(C(=O)OC(C)(C)C)CC[C@H]1C[C@@H](Oc1ccc(C(F)(F)F)cc1)c1ccccc1. The number of halogens is 3. The Kier molecular flexibility index (Phi) is 7.60. The molecule has 0 bridgehead atoms. The Morgan fingerprint density at radius 3 is 2.24 bits per heavy atom. The van der Waals surface area contributed by atoms with E-state index in [-0.39, 0.29) is 18.1 Å². The summed E-state index contributed by atoms with van der Waals surface area (Å²) in [6.45, 7) is 8.87. The fraction of sp³-hybridized carbons (Fsp3) is 0.500. The third-order valence-electron chi connectivity index (χ3n) is 5.88. The van der Waals surface area contributed by atoms with Crippen LogP contribution in [0.5, 0.6) is 5.75 Å². The Hall–Kier alpha value is -2.70. The van der Waals surface area contributed by atoms with E-state index in [9.17, 15) is 18.0 Å². The summed E-state index contributed by atoms with van der Waals surface area (Å²) in [6.07, 6.45) is -3.47. The molecule has 1 aliphatic rings. The Morgan fingerprint density at radius 2 is 1.70 bits per heavy atom. The summed E-state index contributed by atoms with van der Waals surface area (Å²) in [6, 6.07) is 14.5. The zero-order chi connectivity index (χ0) is 24.2. The van der Waals surface area contributed by atoms with Gasteiger partial charge in [0.1, 0.15) is 17.5 Å². The smallest absolute Gasteiger partial charge is 0.416 e. The number of benzene rings is 2. The fourth-order valence-corrected chi connectivity index (χ4v) is 4.12. The van der Waals surface area contributed by atoms with Gasteiger partial charge in [-0.25, -0.2) is 4.79 Å². The summed E-state index contributed by atoms with van der Waals surface area (Å²) in [5, 5.41) is 0. The first kappa shape index (κ1) is 24.9. The molecule has 3 atom stereocenters. The van der Waals surface area contributed by atoms with Crippen molar-refractivity contribution in [1.82, 2.24) is 4.90 Å². The Morgan fingerprint density at radius 1 is 1.06 bits per heavy atom. The van der Waals surface area contributed by atoms with E-state index in [1.54, 1.807) is 4.90 Å². The third kappa shape index (κ3) is 7.14. The van der Waals surface area contributed by atoms with Crippen molar-refractivity contribution in [3.63, 3.8) is 0 Å². The molecule has 0 saturated carbocycles. The van der Waals surface area contributed by atoms with Gasteiger partial charge in [0.2, 0.25) is 0 Å². The van der Waals surface area contributed by atoms with E-state index in [1.807, 2.05) is 51.1 Å². The van der Waals surface area contributed by atoms with Crippen LogP contribution in [0, 0.1) is 11.8 Å². The molecule has 1 aliphatic heterocycles.